The Bertz CT molecular complexity index is 827. The van der Waals surface area contributed by atoms with Crippen molar-refractivity contribution in [2.75, 3.05) is 11.8 Å². The zero-order chi connectivity index (χ0) is 16.5. The van der Waals surface area contributed by atoms with Crippen LogP contribution < -0.4 is 4.72 Å². The van der Waals surface area contributed by atoms with Crippen molar-refractivity contribution < 1.29 is 27.5 Å². The molecule has 2 N–H and O–H groups in total. The molecule has 0 aliphatic carbocycles. The topological polar surface area (TPSA) is 106 Å². The molecule has 1 aromatic carbocycles. The van der Waals surface area contributed by atoms with E-state index in [1.807, 2.05) is 0 Å². The number of furan rings is 1. The first-order valence-electron chi connectivity index (χ1n) is 5.94. The fraction of sp³-hybridized carbons (Fsp3) is 0.154. The van der Waals surface area contributed by atoms with Crippen LogP contribution in [0.25, 0.3) is 0 Å². The summed E-state index contributed by atoms with van der Waals surface area (Å²) in [6.07, 6.45) is 0. The van der Waals surface area contributed by atoms with Gasteiger partial charge in [-0.05, 0) is 46.6 Å². The van der Waals surface area contributed by atoms with E-state index in [2.05, 4.69) is 25.4 Å². The number of aromatic hydroxyl groups is 1. The zero-order valence-electron chi connectivity index (χ0n) is 11.6. The fourth-order valence-corrected chi connectivity index (χ4v) is 3.66. The number of anilines is 1. The molecule has 9 heteroatoms. The molecular formula is C13H12BrNO6S. The average molecular weight is 390 g/mol. The number of aryl methyl sites for hydroxylation is 1. The molecule has 0 fully saturated rings. The van der Waals surface area contributed by atoms with Gasteiger partial charge in [0.25, 0.3) is 10.0 Å². The number of phenols is 1. The maximum absolute atomic E-state index is 12.3. The third kappa shape index (κ3) is 3.25. The Labute approximate surface area is 135 Å². The monoisotopic (exact) mass is 389 g/mol. The number of carbonyl (C=O) groups is 1. The second-order valence-electron chi connectivity index (χ2n) is 4.35. The number of halogens is 1. The van der Waals surface area contributed by atoms with Crippen molar-refractivity contribution in [3.63, 3.8) is 0 Å². The number of hydrogen-bond acceptors (Lipinski definition) is 6. The summed E-state index contributed by atoms with van der Waals surface area (Å²) >= 11 is 2.96. The van der Waals surface area contributed by atoms with Crippen LogP contribution in [0.15, 0.2) is 38.2 Å². The molecule has 2 rings (SSSR count). The highest BCUT2D eigenvalue weighted by atomic mass is 79.9. The van der Waals surface area contributed by atoms with E-state index in [0.717, 1.165) is 13.2 Å². The van der Waals surface area contributed by atoms with Crippen molar-refractivity contribution in [1.82, 2.24) is 0 Å². The van der Waals surface area contributed by atoms with E-state index in [4.69, 9.17) is 4.42 Å². The number of nitrogens with one attached hydrogen (secondary N) is 1. The van der Waals surface area contributed by atoms with Crippen LogP contribution in [0.1, 0.15) is 16.1 Å². The van der Waals surface area contributed by atoms with E-state index in [1.54, 1.807) is 6.92 Å². The molecule has 0 atom stereocenters. The number of sulfonamides is 1. The van der Waals surface area contributed by atoms with Gasteiger partial charge in [0.2, 0.25) is 5.76 Å². The van der Waals surface area contributed by atoms with Gasteiger partial charge in [0.1, 0.15) is 10.6 Å². The summed E-state index contributed by atoms with van der Waals surface area (Å²) in [6, 6.07) is 5.32. The van der Waals surface area contributed by atoms with E-state index in [-0.39, 0.29) is 26.8 Å². The normalized spacial score (nSPS) is 11.2. The molecular weight excluding hydrogens is 378 g/mol. The van der Waals surface area contributed by atoms with E-state index in [1.165, 1.54) is 18.2 Å². The van der Waals surface area contributed by atoms with Crippen molar-refractivity contribution in [2.24, 2.45) is 0 Å². The van der Waals surface area contributed by atoms with Gasteiger partial charge in [0.15, 0.2) is 4.67 Å². The molecule has 0 spiro atoms. The van der Waals surface area contributed by atoms with Crippen LogP contribution in [0.5, 0.6) is 5.75 Å². The fourth-order valence-electron chi connectivity index (χ4n) is 1.67. The minimum Gasteiger partial charge on any atom is -0.508 e. The molecule has 0 saturated heterocycles. The molecule has 0 saturated carbocycles. The third-order valence-corrected chi connectivity index (χ3v) is 5.02. The van der Waals surface area contributed by atoms with Gasteiger partial charge >= 0.3 is 5.97 Å². The van der Waals surface area contributed by atoms with E-state index in [0.29, 0.717) is 5.56 Å². The molecule has 7 nitrogen and oxygen atoms in total. The summed E-state index contributed by atoms with van der Waals surface area (Å²) in [4.78, 5) is 11.1. The molecule has 0 unspecified atom stereocenters. The Balaban J connectivity index is 2.36. The number of rotatable bonds is 4. The largest absolute Gasteiger partial charge is 0.508 e. The van der Waals surface area contributed by atoms with Crippen LogP contribution >= 0.6 is 15.9 Å². The Morgan fingerprint density at radius 1 is 1.36 bits per heavy atom. The third-order valence-electron chi connectivity index (χ3n) is 2.78. The van der Waals surface area contributed by atoms with Gasteiger partial charge in [-0.1, -0.05) is 0 Å². The van der Waals surface area contributed by atoms with Crippen LogP contribution in [0.2, 0.25) is 0 Å². The lowest BCUT2D eigenvalue weighted by Gasteiger charge is -2.08. The second kappa shape index (κ2) is 6.01. The van der Waals surface area contributed by atoms with Crippen molar-refractivity contribution in [2.45, 2.75) is 11.8 Å². The predicted octanol–water partition coefficient (Wildman–Crippen LogP) is 2.64. The highest BCUT2D eigenvalue weighted by Crippen LogP contribution is 2.29. The molecule has 0 bridgehead atoms. The highest BCUT2D eigenvalue weighted by Gasteiger charge is 2.25. The maximum Gasteiger partial charge on any atom is 0.374 e. The molecule has 118 valence electrons. The number of esters is 1. The summed E-state index contributed by atoms with van der Waals surface area (Å²) in [6.45, 7) is 1.64. The Morgan fingerprint density at radius 3 is 2.64 bits per heavy atom. The summed E-state index contributed by atoms with van der Waals surface area (Å²) in [5, 5.41) is 9.44. The lowest BCUT2D eigenvalue weighted by atomic mass is 10.2. The minimum absolute atomic E-state index is 0.0559. The first-order valence-corrected chi connectivity index (χ1v) is 8.22. The summed E-state index contributed by atoms with van der Waals surface area (Å²) in [5.74, 6) is -0.973. The van der Waals surface area contributed by atoms with Gasteiger partial charge < -0.3 is 14.3 Å². The van der Waals surface area contributed by atoms with Crippen LogP contribution in [-0.2, 0) is 14.8 Å². The SMILES string of the molecule is COC(=O)c1cc(S(=O)(=O)Nc2ccc(O)c(C)c2)c(Br)o1. The number of ether oxygens (including phenoxy) is 1. The smallest absolute Gasteiger partial charge is 0.374 e. The summed E-state index contributed by atoms with van der Waals surface area (Å²) < 4.78 is 36.4. The quantitative estimate of drug-likeness (QED) is 0.614. The standard InChI is InChI=1S/C13H12BrNO6S/c1-7-5-8(3-4-9(7)16)15-22(18,19)11-6-10(13(17)20-2)21-12(11)14/h3-6,15-16H,1-2H3. The van der Waals surface area contributed by atoms with Gasteiger partial charge in [0.05, 0.1) is 7.11 Å². The van der Waals surface area contributed by atoms with Gasteiger partial charge in [-0.2, -0.15) is 0 Å². The second-order valence-corrected chi connectivity index (χ2v) is 6.72. The van der Waals surface area contributed by atoms with Crippen molar-refractivity contribution >= 4 is 37.6 Å². The molecule has 1 heterocycles. The summed E-state index contributed by atoms with van der Waals surface area (Å²) in [5.41, 5.74) is 0.782. The predicted molar refractivity (Wildman–Crippen MR) is 81.4 cm³/mol. The highest BCUT2D eigenvalue weighted by molar-refractivity contribution is 9.10. The molecule has 22 heavy (non-hydrogen) atoms. The van der Waals surface area contributed by atoms with E-state index >= 15 is 0 Å². The molecule has 0 radical (unpaired) electrons. The van der Waals surface area contributed by atoms with Gasteiger partial charge in [-0.3, -0.25) is 4.72 Å². The average Bonchev–Trinajstić information content (AvgIpc) is 2.84. The van der Waals surface area contributed by atoms with E-state index in [9.17, 15) is 18.3 Å². The Morgan fingerprint density at radius 2 is 2.05 bits per heavy atom. The molecule has 1 aromatic heterocycles. The van der Waals surface area contributed by atoms with Crippen molar-refractivity contribution in [1.29, 1.82) is 0 Å². The Kier molecular flexibility index (Phi) is 4.47. The van der Waals surface area contributed by atoms with Crippen molar-refractivity contribution in [3.05, 3.63) is 40.3 Å². The van der Waals surface area contributed by atoms with Crippen LogP contribution in [0.3, 0.4) is 0 Å². The molecule has 0 aliphatic heterocycles. The van der Waals surface area contributed by atoms with Crippen LogP contribution in [0.4, 0.5) is 5.69 Å². The van der Waals surface area contributed by atoms with Crippen molar-refractivity contribution in [3.8, 4) is 5.75 Å². The zero-order valence-corrected chi connectivity index (χ0v) is 14.0. The van der Waals surface area contributed by atoms with Gasteiger partial charge in [0, 0.05) is 11.8 Å². The van der Waals surface area contributed by atoms with E-state index < -0.39 is 16.0 Å². The van der Waals surface area contributed by atoms with Gasteiger partial charge in [-0.25, -0.2) is 13.2 Å². The first-order chi connectivity index (χ1) is 10.2. The number of carbonyl (C=O) groups excluding carboxylic acids is 1. The lowest BCUT2D eigenvalue weighted by molar-refractivity contribution is 0.0563. The first kappa shape index (κ1) is 16.4. The maximum atomic E-state index is 12.3. The Hall–Kier alpha value is -2.00. The number of phenolic OH excluding ortho intramolecular Hbond substituents is 1. The molecule has 0 amide bonds. The lowest BCUT2D eigenvalue weighted by Crippen LogP contribution is -2.12. The number of benzene rings is 1. The molecule has 2 aromatic rings. The molecule has 0 aliphatic rings. The summed E-state index contributed by atoms with van der Waals surface area (Å²) in [7, 11) is -2.82. The van der Waals surface area contributed by atoms with Crippen LogP contribution in [-0.4, -0.2) is 26.6 Å². The van der Waals surface area contributed by atoms with Crippen LogP contribution in [0, 0.1) is 6.92 Å². The minimum atomic E-state index is -3.97. The number of hydrogen-bond donors (Lipinski definition) is 2. The van der Waals surface area contributed by atoms with Gasteiger partial charge in [-0.15, -0.1) is 0 Å². The number of methoxy groups -OCH3 is 1.